The van der Waals surface area contributed by atoms with E-state index in [1.54, 1.807) is 0 Å². The first-order valence-corrected chi connectivity index (χ1v) is 6.08. The summed E-state index contributed by atoms with van der Waals surface area (Å²) < 4.78 is 0. The Bertz CT molecular complexity index is 261. The van der Waals surface area contributed by atoms with E-state index in [1.165, 1.54) is 0 Å². The molecule has 1 aliphatic carbocycles. The first-order chi connectivity index (χ1) is 7.08. The highest BCUT2D eigenvalue weighted by molar-refractivity contribution is 7.80. The van der Waals surface area contributed by atoms with Gasteiger partial charge in [0.25, 0.3) is 0 Å². The van der Waals surface area contributed by atoms with Crippen LogP contribution in [0.25, 0.3) is 0 Å². The van der Waals surface area contributed by atoms with Crippen molar-refractivity contribution >= 4 is 23.1 Å². The number of hydrogen-bond donors (Lipinski definition) is 1. The Morgan fingerprint density at radius 1 is 1.47 bits per heavy atom. The summed E-state index contributed by atoms with van der Waals surface area (Å²) in [5.74, 6) is 0.144. The van der Waals surface area contributed by atoms with Crippen molar-refractivity contribution in [3.05, 3.63) is 0 Å². The predicted octanol–water partition coefficient (Wildman–Crippen LogP) is 1.70. The lowest BCUT2D eigenvalue weighted by Crippen LogP contribution is -2.54. The van der Waals surface area contributed by atoms with E-state index < -0.39 is 5.41 Å². The molecule has 0 aliphatic heterocycles. The smallest absolute Gasteiger partial charge is 0.235 e. The van der Waals surface area contributed by atoms with Crippen molar-refractivity contribution in [2.45, 2.75) is 39.5 Å². The van der Waals surface area contributed by atoms with Gasteiger partial charge in [-0.2, -0.15) is 0 Å². The number of rotatable bonds is 5. The molecule has 0 saturated heterocycles. The molecule has 0 spiro atoms. The molecule has 0 aromatic heterocycles. The SMILES string of the molecule is CCCN(CC)C(=O)C1(C(N)=S)CCC1. The summed E-state index contributed by atoms with van der Waals surface area (Å²) in [6, 6.07) is 0. The molecule has 0 aromatic rings. The van der Waals surface area contributed by atoms with Crippen molar-refractivity contribution in [1.29, 1.82) is 0 Å². The van der Waals surface area contributed by atoms with Crippen LogP contribution in [0.1, 0.15) is 39.5 Å². The minimum Gasteiger partial charge on any atom is -0.392 e. The number of nitrogens with zero attached hydrogens (tertiary/aromatic N) is 1. The highest BCUT2D eigenvalue weighted by Gasteiger charge is 2.48. The fourth-order valence-corrected chi connectivity index (χ4v) is 2.36. The van der Waals surface area contributed by atoms with E-state index in [0.29, 0.717) is 4.99 Å². The van der Waals surface area contributed by atoms with Crippen LogP contribution in [0, 0.1) is 5.41 Å². The van der Waals surface area contributed by atoms with E-state index in [1.807, 2.05) is 11.8 Å². The maximum Gasteiger partial charge on any atom is 0.235 e. The summed E-state index contributed by atoms with van der Waals surface area (Å²) in [5.41, 5.74) is 5.21. The molecule has 0 aromatic carbocycles. The van der Waals surface area contributed by atoms with Crippen LogP contribution in [0.15, 0.2) is 0 Å². The van der Waals surface area contributed by atoms with E-state index in [9.17, 15) is 4.79 Å². The molecule has 86 valence electrons. The van der Waals surface area contributed by atoms with Crippen molar-refractivity contribution in [3.63, 3.8) is 0 Å². The van der Waals surface area contributed by atoms with Gasteiger partial charge in [-0.05, 0) is 26.2 Å². The lowest BCUT2D eigenvalue weighted by atomic mass is 9.67. The summed E-state index contributed by atoms with van der Waals surface area (Å²) in [6.45, 7) is 5.63. The molecule has 4 heteroatoms. The second-order valence-electron chi connectivity index (χ2n) is 4.18. The minimum absolute atomic E-state index is 0.144. The summed E-state index contributed by atoms with van der Waals surface area (Å²) in [4.78, 5) is 14.5. The number of nitrogens with two attached hydrogens (primary N) is 1. The van der Waals surface area contributed by atoms with Gasteiger partial charge >= 0.3 is 0 Å². The summed E-state index contributed by atoms with van der Waals surface area (Å²) in [6.07, 6.45) is 3.71. The molecule has 15 heavy (non-hydrogen) atoms. The second kappa shape index (κ2) is 4.92. The maximum absolute atomic E-state index is 12.3. The van der Waals surface area contributed by atoms with E-state index in [-0.39, 0.29) is 5.91 Å². The first-order valence-electron chi connectivity index (χ1n) is 5.67. The van der Waals surface area contributed by atoms with Crippen LogP contribution in [-0.2, 0) is 4.79 Å². The third-order valence-corrected chi connectivity index (χ3v) is 3.64. The molecule has 2 N–H and O–H groups in total. The van der Waals surface area contributed by atoms with Gasteiger partial charge in [-0.15, -0.1) is 0 Å². The van der Waals surface area contributed by atoms with Crippen LogP contribution in [0.4, 0.5) is 0 Å². The van der Waals surface area contributed by atoms with E-state index >= 15 is 0 Å². The zero-order valence-corrected chi connectivity index (χ0v) is 10.4. The lowest BCUT2D eigenvalue weighted by molar-refractivity contribution is -0.141. The van der Waals surface area contributed by atoms with E-state index in [4.69, 9.17) is 18.0 Å². The van der Waals surface area contributed by atoms with Crippen molar-refractivity contribution in [2.75, 3.05) is 13.1 Å². The molecule has 1 aliphatic rings. The summed E-state index contributed by atoms with van der Waals surface area (Å²) in [5, 5.41) is 0. The zero-order chi connectivity index (χ0) is 11.5. The van der Waals surface area contributed by atoms with Gasteiger partial charge in [0, 0.05) is 13.1 Å². The lowest BCUT2D eigenvalue weighted by Gasteiger charge is -2.42. The van der Waals surface area contributed by atoms with Crippen LogP contribution in [-0.4, -0.2) is 28.9 Å². The van der Waals surface area contributed by atoms with Gasteiger partial charge in [0.1, 0.15) is 0 Å². The molecule has 1 amide bonds. The normalized spacial score (nSPS) is 18.0. The van der Waals surface area contributed by atoms with Gasteiger partial charge in [0.15, 0.2) is 0 Å². The third kappa shape index (κ3) is 2.14. The monoisotopic (exact) mass is 228 g/mol. The second-order valence-corrected chi connectivity index (χ2v) is 4.62. The van der Waals surface area contributed by atoms with E-state index in [0.717, 1.165) is 38.8 Å². The molecule has 3 nitrogen and oxygen atoms in total. The Balaban J connectivity index is 2.76. The molecule has 0 radical (unpaired) electrons. The van der Waals surface area contributed by atoms with Crippen molar-refractivity contribution in [1.82, 2.24) is 4.90 Å². The van der Waals surface area contributed by atoms with Gasteiger partial charge in [0.2, 0.25) is 5.91 Å². The fourth-order valence-electron chi connectivity index (χ4n) is 2.07. The van der Waals surface area contributed by atoms with Gasteiger partial charge in [-0.1, -0.05) is 25.6 Å². The fraction of sp³-hybridized carbons (Fsp3) is 0.818. The molecule has 0 unspecified atom stereocenters. The number of amides is 1. The van der Waals surface area contributed by atoms with Crippen LogP contribution in [0.2, 0.25) is 0 Å². The van der Waals surface area contributed by atoms with E-state index in [2.05, 4.69) is 6.92 Å². The molecular weight excluding hydrogens is 208 g/mol. The molecular formula is C11H20N2OS. The summed E-state index contributed by atoms with van der Waals surface area (Å²) >= 11 is 5.04. The quantitative estimate of drug-likeness (QED) is 0.729. The molecule has 0 heterocycles. The van der Waals surface area contributed by atoms with Crippen LogP contribution >= 0.6 is 12.2 Å². The van der Waals surface area contributed by atoms with Crippen molar-refractivity contribution < 1.29 is 4.79 Å². The Morgan fingerprint density at radius 3 is 2.33 bits per heavy atom. The Hall–Kier alpha value is -0.640. The number of carbonyl (C=O) groups excluding carboxylic acids is 1. The standard InChI is InChI=1S/C11H20N2OS/c1-3-8-13(4-2)10(14)11(9(12)15)6-5-7-11/h3-8H2,1-2H3,(H2,12,15). The third-order valence-electron chi connectivity index (χ3n) is 3.25. The molecule has 1 saturated carbocycles. The molecule has 1 rings (SSSR count). The van der Waals surface area contributed by atoms with Crippen LogP contribution in [0.3, 0.4) is 0 Å². The van der Waals surface area contributed by atoms with Gasteiger partial charge in [-0.25, -0.2) is 0 Å². The summed E-state index contributed by atoms with van der Waals surface area (Å²) in [7, 11) is 0. The first kappa shape index (κ1) is 12.4. The van der Waals surface area contributed by atoms with Gasteiger partial charge < -0.3 is 10.6 Å². The molecule has 0 atom stereocenters. The molecule has 0 bridgehead atoms. The highest BCUT2D eigenvalue weighted by atomic mass is 32.1. The van der Waals surface area contributed by atoms with Crippen LogP contribution < -0.4 is 5.73 Å². The minimum atomic E-state index is -0.499. The topological polar surface area (TPSA) is 46.3 Å². The maximum atomic E-state index is 12.3. The van der Waals surface area contributed by atoms with Gasteiger partial charge in [-0.3, -0.25) is 4.79 Å². The largest absolute Gasteiger partial charge is 0.392 e. The Kier molecular flexibility index (Phi) is 4.08. The predicted molar refractivity (Wildman–Crippen MR) is 65.6 cm³/mol. The van der Waals surface area contributed by atoms with Crippen LogP contribution in [0.5, 0.6) is 0 Å². The van der Waals surface area contributed by atoms with Crippen molar-refractivity contribution in [3.8, 4) is 0 Å². The number of carbonyl (C=O) groups is 1. The van der Waals surface area contributed by atoms with Crippen molar-refractivity contribution in [2.24, 2.45) is 11.1 Å². The number of thiocarbonyl (C=S) groups is 1. The average molecular weight is 228 g/mol. The Labute approximate surface area is 97.0 Å². The average Bonchev–Trinajstić information content (AvgIpc) is 2.11. The Morgan fingerprint density at radius 2 is 2.07 bits per heavy atom. The highest BCUT2D eigenvalue weighted by Crippen LogP contribution is 2.42. The zero-order valence-electron chi connectivity index (χ0n) is 9.58. The molecule has 1 fully saturated rings. The number of hydrogen-bond acceptors (Lipinski definition) is 2. The van der Waals surface area contributed by atoms with Gasteiger partial charge in [0.05, 0.1) is 10.4 Å².